The van der Waals surface area contributed by atoms with Gasteiger partial charge >= 0.3 is 0 Å². The summed E-state index contributed by atoms with van der Waals surface area (Å²) in [7, 11) is 0. The minimum atomic E-state index is 0.239. The topological polar surface area (TPSA) is 29.1 Å². The van der Waals surface area contributed by atoms with Crippen LogP contribution in [0.15, 0.2) is 12.2 Å². The number of carbonyl (C=O) groups excluding carboxylic acids is 1. The van der Waals surface area contributed by atoms with E-state index in [1.165, 1.54) is 32.1 Å². The number of carbonyl (C=O) groups is 1. The van der Waals surface area contributed by atoms with Gasteiger partial charge in [-0.25, -0.2) is 0 Å². The fraction of sp³-hybridized carbons (Fsp3) is 0.769. The van der Waals surface area contributed by atoms with E-state index in [1.807, 2.05) is 0 Å². The zero-order valence-electron chi connectivity index (χ0n) is 9.63. The Kier molecular flexibility index (Phi) is 6.97. The van der Waals surface area contributed by atoms with Crippen LogP contribution in [-0.4, -0.2) is 12.5 Å². The SMILES string of the molecule is O=C1CCCCCC/C=C/CCCCN1. The van der Waals surface area contributed by atoms with E-state index < -0.39 is 0 Å². The van der Waals surface area contributed by atoms with Crippen LogP contribution in [0.25, 0.3) is 0 Å². The van der Waals surface area contributed by atoms with Gasteiger partial charge in [-0.2, -0.15) is 0 Å². The third kappa shape index (κ3) is 7.18. The molecule has 1 amide bonds. The molecule has 2 heteroatoms. The van der Waals surface area contributed by atoms with E-state index >= 15 is 0 Å². The Morgan fingerprint density at radius 1 is 0.867 bits per heavy atom. The lowest BCUT2D eigenvalue weighted by Gasteiger charge is -2.05. The molecule has 0 fully saturated rings. The molecule has 0 unspecified atom stereocenters. The van der Waals surface area contributed by atoms with Gasteiger partial charge in [0.1, 0.15) is 0 Å². The Morgan fingerprint density at radius 3 is 2.33 bits per heavy atom. The summed E-state index contributed by atoms with van der Waals surface area (Å²) in [5.41, 5.74) is 0. The van der Waals surface area contributed by atoms with E-state index in [0.29, 0.717) is 0 Å². The first kappa shape index (κ1) is 12.3. The lowest BCUT2D eigenvalue weighted by Crippen LogP contribution is -2.23. The summed E-state index contributed by atoms with van der Waals surface area (Å²) in [6.45, 7) is 0.854. The van der Waals surface area contributed by atoms with Gasteiger partial charge in [0, 0.05) is 13.0 Å². The second kappa shape index (κ2) is 8.51. The van der Waals surface area contributed by atoms with Gasteiger partial charge in [-0.15, -0.1) is 0 Å². The first-order valence-electron chi connectivity index (χ1n) is 6.31. The second-order valence-electron chi connectivity index (χ2n) is 4.27. The monoisotopic (exact) mass is 209 g/mol. The smallest absolute Gasteiger partial charge is 0.219 e. The molecule has 2 nitrogen and oxygen atoms in total. The average molecular weight is 209 g/mol. The molecule has 0 aromatic heterocycles. The predicted molar refractivity (Wildman–Crippen MR) is 63.7 cm³/mol. The van der Waals surface area contributed by atoms with Gasteiger partial charge in [0.25, 0.3) is 0 Å². The summed E-state index contributed by atoms with van der Waals surface area (Å²) in [5, 5.41) is 2.97. The molecule has 1 aliphatic rings. The maximum Gasteiger partial charge on any atom is 0.219 e. The van der Waals surface area contributed by atoms with Crippen molar-refractivity contribution in [1.82, 2.24) is 5.32 Å². The third-order valence-corrected chi connectivity index (χ3v) is 2.81. The summed E-state index contributed by atoms with van der Waals surface area (Å²) >= 11 is 0. The van der Waals surface area contributed by atoms with E-state index in [-0.39, 0.29) is 5.91 Å². The maximum absolute atomic E-state index is 11.3. The van der Waals surface area contributed by atoms with Crippen molar-refractivity contribution in [3.8, 4) is 0 Å². The van der Waals surface area contributed by atoms with Crippen LogP contribution in [0.5, 0.6) is 0 Å². The van der Waals surface area contributed by atoms with Gasteiger partial charge in [-0.3, -0.25) is 4.79 Å². The highest BCUT2D eigenvalue weighted by Crippen LogP contribution is 2.07. The molecule has 1 N–H and O–H groups in total. The summed E-state index contributed by atoms with van der Waals surface area (Å²) in [5.74, 6) is 0.239. The molecule has 0 aromatic carbocycles. The molecule has 0 aliphatic carbocycles. The van der Waals surface area contributed by atoms with E-state index in [9.17, 15) is 4.79 Å². The lowest BCUT2D eigenvalue weighted by molar-refractivity contribution is -0.121. The second-order valence-corrected chi connectivity index (χ2v) is 4.27. The Hall–Kier alpha value is -0.790. The van der Waals surface area contributed by atoms with Crippen LogP contribution in [0.2, 0.25) is 0 Å². The fourth-order valence-electron chi connectivity index (χ4n) is 1.84. The molecule has 1 rings (SSSR count). The van der Waals surface area contributed by atoms with Crippen LogP contribution in [-0.2, 0) is 4.79 Å². The maximum atomic E-state index is 11.3. The molecule has 0 saturated carbocycles. The highest BCUT2D eigenvalue weighted by molar-refractivity contribution is 5.75. The molecule has 86 valence electrons. The van der Waals surface area contributed by atoms with Crippen LogP contribution in [0.1, 0.15) is 57.8 Å². The van der Waals surface area contributed by atoms with E-state index in [2.05, 4.69) is 17.5 Å². The molecular weight excluding hydrogens is 186 g/mol. The van der Waals surface area contributed by atoms with Crippen molar-refractivity contribution >= 4 is 5.91 Å². The van der Waals surface area contributed by atoms with Crippen molar-refractivity contribution in [2.75, 3.05) is 6.54 Å². The number of amides is 1. The minimum absolute atomic E-state index is 0.239. The minimum Gasteiger partial charge on any atom is -0.356 e. The van der Waals surface area contributed by atoms with Crippen LogP contribution in [0.3, 0.4) is 0 Å². The number of hydrogen-bond donors (Lipinski definition) is 1. The Labute approximate surface area is 93.1 Å². The number of hydrogen-bond acceptors (Lipinski definition) is 1. The Bertz CT molecular complexity index is 199. The first-order chi connectivity index (χ1) is 7.39. The first-order valence-corrected chi connectivity index (χ1v) is 6.31. The molecule has 15 heavy (non-hydrogen) atoms. The molecule has 0 radical (unpaired) electrons. The van der Waals surface area contributed by atoms with E-state index in [0.717, 1.165) is 32.2 Å². The average Bonchev–Trinajstić information content (AvgIpc) is 2.24. The van der Waals surface area contributed by atoms with Gasteiger partial charge in [0.15, 0.2) is 0 Å². The predicted octanol–water partition coefficient (Wildman–Crippen LogP) is 3.18. The number of allylic oxidation sites excluding steroid dienone is 2. The van der Waals surface area contributed by atoms with Gasteiger partial charge < -0.3 is 5.32 Å². The normalized spacial score (nSPS) is 23.9. The van der Waals surface area contributed by atoms with Gasteiger partial charge in [0.05, 0.1) is 0 Å². The molecule has 1 aliphatic heterocycles. The van der Waals surface area contributed by atoms with Crippen LogP contribution in [0, 0.1) is 0 Å². The van der Waals surface area contributed by atoms with Crippen LogP contribution < -0.4 is 5.32 Å². The Morgan fingerprint density at radius 2 is 1.53 bits per heavy atom. The molecular formula is C13H23NO. The van der Waals surface area contributed by atoms with Gasteiger partial charge in [0.2, 0.25) is 5.91 Å². The van der Waals surface area contributed by atoms with Crippen LogP contribution in [0.4, 0.5) is 0 Å². The number of nitrogens with one attached hydrogen (secondary N) is 1. The van der Waals surface area contributed by atoms with Crippen molar-refractivity contribution < 1.29 is 4.79 Å². The van der Waals surface area contributed by atoms with Crippen molar-refractivity contribution in [1.29, 1.82) is 0 Å². The molecule has 0 bridgehead atoms. The molecule has 0 aromatic rings. The largest absolute Gasteiger partial charge is 0.356 e. The zero-order valence-corrected chi connectivity index (χ0v) is 9.63. The summed E-state index contributed by atoms with van der Waals surface area (Å²) in [6, 6.07) is 0. The highest BCUT2D eigenvalue weighted by Gasteiger charge is 2.00. The lowest BCUT2D eigenvalue weighted by atomic mass is 10.1. The summed E-state index contributed by atoms with van der Waals surface area (Å²) in [4.78, 5) is 11.3. The molecule has 1 heterocycles. The van der Waals surface area contributed by atoms with Crippen molar-refractivity contribution in [3.05, 3.63) is 12.2 Å². The zero-order chi connectivity index (χ0) is 10.8. The third-order valence-electron chi connectivity index (χ3n) is 2.81. The molecule has 0 spiro atoms. The van der Waals surface area contributed by atoms with Crippen molar-refractivity contribution in [2.45, 2.75) is 57.8 Å². The standard InChI is InChI=1S/C13H23NO/c15-13-11-9-7-5-3-1-2-4-6-8-10-12-14-13/h2,4H,1,3,5-12H2,(H,14,15)/b4-2+. The van der Waals surface area contributed by atoms with Crippen LogP contribution >= 0.6 is 0 Å². The van der Waals surface area contributed by atoms with E-state index in [1.54, 1.807) is 0 Å². The van der Waals surface area contributed by atoms with Gasteiger partial charge in [-0.1, -0.05) is 25.0 Å². The summed E-state index contributed by atoms with van der Waals surface area (Å²) < 4.78 is 0. The number of rotatable bonds is 0. The fourth-order valence-corrected chi connectivity index (χ4v) is 1.84. The quantitative estimate of drug-likeness (QED) is 0.610. The highest BCUT2D eigenvalue weighted by atomic mass is 16.1. The summed E-state index contributed by atoms with van der Waals surface area (Å²) in [6.07, 6.45) is 14.8. The van der Waals surface area contributed by atoms with E-state index in [4.69, 9.17) is 0 Å². The Balaban J connectivity index is 2.20. The van der Waals surface area contributed by atoms with Crippen molar-refractivity contribution in [2.24, 2.45) is 0 Å². The molecule has 0 atom stereocenters. The molecule has 0 saturated heterocycles. The van der Waals surface area contributed by atoms with Crippen molar-refractivity contribution in [3.63, 3.8) is 0 Å². The van der Waals surface area contributed by atoms with Gasteiger partial charge in [-0.05, 0) is 38.5 Å².